The van der Waals surface area contributed by atoms with Gasteiger partial charge in [-0.05, 0) is 38.3 Å². The molecule has 0 saturated carbocycles. The first-order valence-corrected chi connectivity index (χ1v) is 7.65. The van der Waals surface area contributed by atoms with Crippen molar-refractivity contribution in [3.8, 4) is 0 Å². The lowest BCUT2D eigenvalue weighted by Gasteiger charge is -2.14. The number of thiazole rings is 1. The number of aryl methyl sites for hydroxylation is 2. The van der Waals surface area contributed by atoms with Crippen LogP contribution < -0.4 is 5.32 Å². The molecule has 0 aromatic carbocycles. The fraction of sp³-hybridized carbons (Fsp3) is 0.467. The molecule has 4 nitrogen and oxygen atoms in total. The van der Waals surface area contributed by atoms with Crippen LogP contribution in [-0.2, 0) is 13.0 Å². The molecule has 108 valence electrons. The molecule has 0 spiro atoms. The van der Waals surface area contributed by atoms with Crippen LogP contribution in [0.5, 0.6) is 0 Å². The van der Waals surface area contributed by atoms with Gasteiger partial charge in [-0.15, -0.1) is 11.3 Å². The van der Waals surface area contributed by atoms with Gasteiger partial charge in [0.15, 0.2) is 0 Å². The standard InChI is InChI=1S/C15H21N3OS/c1-11-15(20-12(2)18-11)9-16-8-13(10-19)7-14-5-3-4-6-17-14/h3-6,13,16,19H,7-10H2,1-2H3. The van der Waals surface area contributed by atoms with E-state index in [1.807, 2.05) is 32.0 Å². The Morgan fingerprint density at radius 1 is 1.35 bits per heavy atom. The zero-order valence-electron chi connectivity index (χ0n) is 12.0. The highest BCUT2D eigenvalue weighted by molar-refractivity contribution is 7.11. The van der Waals surface area contributed by atoms with Crippen LogP contribution in [0.25, 0.3) is 0 Å². The highest BCUT2D eigenvalue weighted by atomic mass is 32.1. The van der Waals surface area contributed by atoms with Crippen molar-refractivity contribution >= 4 is 11.3 Å². The third-order valence-corrected chi connectivity index (χ3v) is 4.27. The van der Waals surface area contributed by atoms with E-state index >= 15 is 0 Å². The molecule has 0 radical (unpaired) electrons. The highest BCUT2D eigenvalue weighted by Crippen LogP contribution is 2.16. The Morgan fingerprint density at radius 3 is 2.80 bits per heavy atom. The zero-order valence-corrected chi connectivity index (χ0v) is 12.8. The Kier molecular flexibility index (Phi) is 5.64. The lowest BCUT2D eigenvalue weighted by atomic mass is 10.0. The molecule has 0 fully saturated rings. The predicted octanol–water partition coefficient (Wildman–Crippen LogP) is 2.10. The van der Waals surface area contributed by atoms with Gasteiger partial charge in [-0.1, -0.05) is 6.07 Å². The molecule has 0 amide bonds. The Labute approximate surface area is 123 Å². The molecule has 0 aliphatic carbocycles. The van der Waals surface area contributed by atoms with Gasteiger partial charge in [0, 0.05) is 36.5 Å². The third kappa shape index (κ3) is 4.37. The minimum atomic E-state index is 0.171. The molecule has 20 heavy (non-hydrogen) atoms. The van der Waals surface area contributed by atoms with Crippen LogP contribution in [0.3, 0.4) is 0 Å². The Balaban J connectivity index is 1.81. The molecule has 0 aliphatic heterocycles. The van der Waals surface area contributed by atoms with E-state index in [-0.39, 0.29) is 12.5 Å². The maximum atomic E-state index is 9.47. The van der Waals surface area contributed by atoms with Gasteiger partial charge in [0.05, 0.1) is 10.7 Å². The van der Waals surface area contributed by atoms with E-state index in [4.69, 9.17) is 0 Å². The van der Waals surface area contributed by atoms with Gasteiger partial charge in [0.1, 0.15) is 0 Å². The van der Waals surface area contributed by atoms with Crippen molar-refractivity contribution in [2.45, 2.75) is 26.8 Å². The number of aliphatic hydroxyl groups is 1. The molecule has 2 rings (SSSR count). The van der Waals surface area contributed by atoms with Gasteiger partial charge in [-0.2, -0.15) is 0 Å². The summed E-state index contributed by atoms with van der Waals surface area (Å²) in [6.07, 6.45) is 2.59. The number of hydrogen-bond donors (Lipinski definition) is 2. The quantitative estimate of drug-likeness (QED) is 0.820. The number of aromatic nitrogens is 2. The van der Waals surface area contributed by atoms with Crippen LogP contribution in [0.2, 0.25) is 0 Å². The molecule has 0 saturated heterocycles. The van der Waals surface area contributed by atoms with Crippen LogP contribution in [0.4, 0.5) is 0 Å². The smallest absolute Gasteiger partial charge is 0.0900 e. The average Bonchev–Trinajstić information content (AvgIpc) is 2.77. The molecule has 1 unspecified atom stereocenters. The maximum absolute atomic E-state index is 9.47. The number of hydrogen-bond acceptors (Lipinski definition) is 5. The normalized spacial score (nSPS) is 12.6. The summed E-state index contributed by atoms with van der Waals surface area (Å²) in [5.41, 5.74) is 2.13. The van der Waals surface area contributed by atoms with Crippen LogP contribution in [0, 0.1) is 19.8 Å². The molecular formula is C15H21N3OS. The summed E-state index contributed by atoms with van der Waals surface area (Å²) in [7, 11) is 0. The number of nitrogens with zero attached hydrogens (tertiary/aromatic N) is 2. The molecule has 0 bridgehead atoms. The lowest BCUT2D eigenvalue weighted by molar-refractivity contribution is 0.221. The van der Waals surface area contributed by atoms with E-state index in [1.54, 1.807) is 17.5 Å². The molecular weight excluding hydrogens is 270 g/mol. The fourth-order valence-electron chi connectivity index (χ4n) is 2.14. The second kappa shape index (κ2) is 7.47. The van der Waals surface area contributed by atoms with Gasteiger partial charge in [-0.25, -0.2) is 4.98 Å². The van der Waals surface area contributed by atoms with E-state index in [0.29, 0.717) is 0 Å². The van der Waals surface area contributed by atoms with Gasteiger partial charge in [0.25, 0.3) is 0 Å². The SMILES string of the molecule is Cc1nc(C)c(CNCC(CO)Cc2ccccn2)s1. The summed E-state index contributed by atoms with van der Waals surface area (Å²) in [4.78, 5) is 9.99. The van der Waals surface area contributed by atoms with Crippen LogP contribution in [0.1, 0.15) is 21.3 Å². The third-order valence-electron chi connectivity index (χ3n) is 3.20. The van der Waals surface area contributed by atoms with Crippen molar-refractivity contribution in [2.24, 2.45) is 5.92 Å². The molecule has 2 aromatic heterocycles. The van der Waals surface area contributed by atoms with Crippen molar-refractivity contribution in [2.75, 3.05) is 13.2 Å². The summed E-state index contributed by atoms with van der Waals surface area (Å²) >= 11 is 1.73. The summed E-state index contributed by atoms with van der Waals surface area (Å²) < 4.78 is 0. The highest BCUT2D eigenvalue weighted by Gasteiger charge is 2.10. The maximum Gasteiger partial charge on any atom is 0.0900 e. The Morgan fingerprint density at radius 2 is 2.20 bits per heavy atom. The van der Waals surface area contributed by atoms with E-state index in [2.05, 4.69) is 15.3 Å². The monoisotopic (exact) mass is 291 g/mol. The van der Waals surface area contributed by atoms with Crippen molar-refractivity contribution in [3.05, 3.63) is 45.7 Å². The van der Waals surface area contributed by atoms with Crippen LogP contribution >= 0.6 is 11.3 Å². The number of aliphatic hydroxyl groups excluding tert-OH is 1. The Hall–Kier alpha value is -1.30. The zero-order chi connectivity index (χ0) is 14.4. The summed E-state index contributed by atoms with van der Waals surface area (Å²) in [6, 6.07) is 5.89. The first kappa shape index (κ1) is 15.1. The molecule has 0 aliphatic rings. The topological polar surface area (TPSA) is 58.0 Å². The lowest BCUT2D eigenvalue weighted by Crippen LogP contribution is -2.26. The number of pyridine rings is 1. The predicted molar refractivity (Wildman–Crippen MR) is 81.8 cm³/mol. The van der Waals surface area contributed by atoms with Gasteiger partial charge in [-0.3, -0.25) is 4.98 Å². The summed E-state index contributed by atoms with van der Waals surface area (Å²) in [5, 5.41) is 14.0. The number of nitrogens with one attached hydrogen (secondary N) is 1. The van der Waals surface area contributed by atoms with E-state index in [9.17, 15) is 5.11 Å². The molecule has 2 heterocycles. The van der Waals surface area contributed by atoms with Crippen molar-refractivity contribution < 1.29 is 5.11 Å². The van der Waals surface area contributed by atoms with E-state index in [1.165, 1.54) is 4.88 Å². The van der Waals surface area contributed by atoms with Crippen LogP contribution in [0.15, 0.2) is 24.4 Å². The largest absolute Gasteiger partial charge is 0.396 e. The average molecular weight is 291 g/mol. The van der Waals surface area contributed by atoms with Crippen molar-refractivity contribution in [1.29, 1.82) is 0 Å². The molecule has 1 atom stereocenters. The number of rotatable bonds is 7. The first-order chi connectivity index (χ1) is 9.69. The fourth-order valence-corrected chi connectivity index (χ4v) is 3.05. The molecule has 2 N–H and O–H groups in total. The van der Waals surface area contributed by atoms with Crippen molar-refractivity contribution in [1.82, 2.24) is 15.3 Å². The van der Waals surface area contributed by atoms with E-state index in [0.717, 1.165) is 35.9 Å². The van der Waals surface area contributed by atoms with E-state index < -0.39 is 0 Å². The Bertz CT molecular complexity index is 527. The van der Waals surface area contributed by atoms with Gasteiger partial charge < -0.3 is 10.4 Å². The van der Waals surface area contributed by atoms with Crippen molar-refractivity contribution in [3.63, 3.8) is 0 Å². The molecule has 5 heteroatoms. The minimum absolute atomic E-state index is 0.171. The summed E-state index contributed by atoms with van der Waals surface area (Å²) in [6.45, 7) is 5.83. The second-order valence-electron chi connectivity index (χ2n) is 4.95. The second-order valence-corrected chi connectivity index (χ2v) is 6.23. The summed E-state index contributed by atoms with van der Waals surface area (Å²) in [5.74, 6) is 0.194. The first-order valence-electron chi connectivity index (χ1n) is 6.83. The van der Waals surface area contributed by atoms with Gasteiger partial charge in [0.2, 0.25) is 0 Å². The van der Waals surface area contributed by atoms with Crippen LogP contribution in [-0.4, -0.2) is 28.2 Å². The molecule has 2 aromatic rings. The van der Waals surface area contributed by atoms with Gasteiger partial charge >= 0.3 is 0 Å². The minimum Gasteiger partial charge on any atom is -0.396 e.